The van der Waals surface area contributed by atoms with Crippen LogP contribution in [0.4, 0.5) is 0 Å². The quantitative estimate of drug-likeness (QED) is 0.575. The van der Waals surface area contributed by atoms with E-state index >= 15 is 0 Å². The minimum atomic E-state index is -0.758. The topological polar surface area (TPSA) is 63.6 Å². The van der Waals surface area contributed by atoms with Gasteiger partial charge in [-0.3, -0.25) is 0 Å². The maximum atomic E-state index is 11.8. The number of methoxy groups -OCH3 is 1. The summed E-state index contributed by atoms with van der Waals surface area (Å²) in [4.78, 5) is 23.2. The summed E-state index contributed by atoms with van der Waals surface area (Å²) < 4.78 is 4.71. The summed E-state index contributed by atoms with van der Waals surface area (Å²) in [5.74, 6) is -0.153. The lowest BCUT2D eigenvalue weighted by Crippen LogP contribution is -2.51. The van der Waals surface area contributed by atoms with Crippen LogP contribution in [0.3, 0.4) is 0 Å². The highest BCUT2D eigenvalue weighted by Gasteiger charge is 2.55. The van der Waals surface area contributed by atoms with Crippen molar-refractivity contribution in [2.75, 3.05) is 7.11 Å². The summed E-state index contributed by atoms with van der Waals surface area (Å²) in [5.41, 5.74) is 1.47. The molecule has 25 heavy (non-hydrogen) atoms. The minimum absolute atomic E-state index is 0.0766. The van der Waals surface area contributed by atoms with Crippen LogP contribution in [0.2, 0.25) is 0 Å². The van der Waals surface area contributed by atoms with Gasteiger partial charge >= 0.3 is 11.9 Å². The van der Waals surface area contributed by atoms with Crippen LogP contribution in [0.15, 0.2) is 23.3 Å². The van der Waals surface area contributed by atoms with Gasteiger partial charge in [0, 0.05) is 17.1 Å². The first kappa shape index (κ1) is 19.7. The Morgan fingerprint density at radius 2 is 2.04 bits per heavy atom. The Morgan fingerprint density at radius 1 is 1.36 bits per heavy atom. The van der Waals surface area contributed by atoms with Crippen molar-refractivity contribution in [3.8, 4) is 0 Å². The Labute approximate surface area is 151 Å². The van der Waals surface area contributed by atoms with Crippen molar-refractivity contribution in [3.63, 3.8) is 0 Å². The SMILES string of the molecule is COC(=O)C=C(C)CC[C@@]1(C)C(C)CC[C@@]2(C)C(C(=O)O)=CCCC12. The lowest BCUT2D eigenvalue weighted by molar-refractivity contribution is -0.137. The van der Waals surface area contributed by atoms with E-state index in [0.29, 0.717) is 17.4 Å². The molecule has 0 heterocycles. The molecule has 1 fully saturated rings. The van der Waals surface area contributed by atoms with E-state index in [4.69, 9.17) is 4.74 Å². The Morgan fingerprint density at radius 3 is 2.64 bits per heavy atom. The van der Waals surface area contributed by atoms with Gasteiger partial charge in [-0.05, 0) is 62.7 Å². The molecule has 0 aliphatic heterocycles. The summed E-state index contributed by atoms with van der Waals surface area (Å²) in [5, 5.41) is 9.69. The first-order valence-electron chi connectivity index (χ1n) is 9.34. The largest absolute Gasteiger partial charge is 0.478 e. The Kier molecular flexibility index (Phi) is 5.80. The van der Waals surface area contributed by atoms with Crippen LogP contribution in [-0.2, 0) is 14.3 Å². The zero-order chi connectivity index (χ0) is 18.8. The molecule has 2 unspecified atom stereocenters. The van der Waals surface area contributed by atoms with Crippen molar-refractivity contribution in [1.82, 2.24) is 0 Å². The van der Waals surface area contributed by atoms with Gasteiger partial charge < -0.3 is 9.84 Å². The predicted molar refractivity (Wildman–Crippen MR) is 98.1 cm³/mol. The van der Waals surface area contributed by atoms with Crippen LogP contribution in [0.25, 0.3) is 0 Å². The number of hydrogen-bond donors (Lipinski definition) is 1. The highest BCUT2D eigenvalue weighted by atomic mass is 16.5. The molecule has 0 amide bonds. The lowest BCUT2D eigenvalue weighted by atomic mass is 9.46. The molecule has 1 saturated carbocycles. The second-order valence-electron chi connectivity index (χ2n) is 8.43. The smallest absolute Gasteiger partial charge is 0.331 e. The first-order valence-corrected chi connectivity index (χ1v) is 9.34. The number of allylic oxidation sites excluding steroid dienone is 2. The minimum Gasteiger partial charge on any atom is -0.478 e. The van der Waals surface area contributed by atoms with Crippen molar-refractivity contribution in [1.29, 1.82) is 0 Å². The number of fused-ring (bicyclic) bond motifs is 1. The fourth-order valence-corrected chi connectivity index (χ4v) is 5.24. The second-order valence-corrected chi connectivity index (χ2v) is 8.43. The molecule has 140 valence electrons. The molecule has 0 aromatic rings. The standard InChI is InChI=1S/C21H32O4/c1-14(13-18(22)25-5)9-11-20(3)15(2)10-12-21(4)16(19(23)24)7-6-8-17(20)21/h7,13,15,17H,6,8-12H2,1-5H3,(H,23,24)/t15?,17?,20-,21-/m0/s1. The molecular formula is C21H32O4. The van der Waals surface area contributed by atoms with E-state index in [-0.39, 0.29) is 16.8 Å². The van der Waals surface area contributed by atoms with E-state index in [2.05, 4.69) is 20.8 Å². The third-order valence-electron chi connectivity index (χ3n) is 7.06. The number of aliphatic carboxylic acids is 1. The molecule has 4 atom stereocenters. The Bertz CT molecular complexity index is 603. The summed E-state index contributed by atoms with van der Waals surface area (Å²) in [6.07, 6.45) is 9.22. The Hall–Kier alpha value is -1.58. The fraction of sp³-hybridized carbons (Fsp3) is 0.714. The van der Waals surface area contributed by atoms with Crippen LogP contribution < -0.4 is 0 Å². The number of carbonyl (C=O) groups excluding carboxylic acids is 1. The van der Waals surface area contributed by atoms with E-state index in [1.54, 1.807) is 6.08 Å². The van der Waals surface area contributed by atoms with Crippen molar-refractivity contribution in [2.24, 2.45) is 22.7 Å². The van der Waals surface area contributed by atoms with E-state index in [1.807, 2.05) is 13.0 Å². The number of rotatable bonds is 5. The second kappa shape index (κ2) is 7.35. The summed E-state index contributed by atoms with van der Waals surface area (Å²) in [6.45, 7) is 8.75. The monoisotopic (exact) mass is 348 g/mol. The van der Waals surface area contributed by atoms with Gasteiger partial charge in [0.2, 0.25) is 0 Å². The van der Waals surface area contributed by atoms with E-state index < -0.39 is 5.97 Å². The molecule has 4 nitrogen and oxygen atoms in total. The van der Waals surface area contributed by atoms with Crippen molar-refractivity contribution >= 4 is 11.9 Å². The highest BCUT2D eigenvalue weighted by Crippen LogP contribution is 2.62. The third kappa shape index (κ3) is 3.68. The summed E-state index contributed by atoms with van der Waals surface area (Å²) in [6, 6.07) is 0. The molecule has 0 radical (unpaired) electrons. The van der Waals surface area contributed by atoms with Gasteiger partial charge in [-0.1, -0.05) is 32.4 Å². The number of carboxylic acids is 1. The van der Waals surface area contributed by atoms with Gasteiger partial charge in [0.05, 0.1) is 7.11 Å². The molecule has 4 heteroatoms. The first-order chi connectivity index (χ1) is 11.6. The molecule has 2 aliphatic carbocycles. The molecule has 2 rings (SSSR count). The van der Waals surface area contributed by atoms with Crippen molar-refractivity contribution in [3.05, 3.63) is 23.3 Å². The number of esters is 1. The number of carbonyl (C=O) groups is 2. The molecule has 1 N–H and O–H groups in total. The van der Waals surface area contributed by atoms with Gasteiger partial charge in [-0.15, -0.1) is 0 Å². The average molecular weight is 348 g/mol. The lowest BCUT2D eigenvalue weighted by Gasteiger charge is -2.57. The molecule has 0 saturated heterocycles. The van der Waals surface area contributed by atoms with Gasteiger partial charge in [0.15, 0.2) is 0 Å². The van der Waals surface area contributed by atoms with Crippen LogP contribution in [0, 0.1) is 22.7 Å². The molecule has 2 aliphatic rings. The number of ether oxygens (including phenoxy) is 1. The van der Waals surface area contributed by atoms with Crippen LogP contribution in [0.5, 0.6) is 0 Å². The number of carboxylic acid groups (broad SMARTS) is 1. The summed E-state index contributed by atoms with van der Waals surface area (Å²) >= 11 is 0. The molecule has 0 spiro atoms. The van der Waals surface area contributed by atoms with E-state index in [1.165, 1.54) is 7.11 Å². The van der Waals surface area contributed by atoms with E-state index in [0.717, 1.165) is 44.1 Å². The van der Waals surface area contributed by atoms with Crippen LogP contribution >= 0.6 is 0 Å². The molecule has 0 bridgehead atoms. The zero-order valence-corrected chi connectivity index (χ0v) is 16.2. The van der Waals surface area contributed by atoms with Crippen molar-refractivity contribution < 1.29 is 19.4 Å². The van der Waals surface area contributed by atoms with Gasteiger partial charge in [-0.25, -0.2) is 9.59 Å². The molecule has 0 aromatic carbocycles. The Balaban J connectivity index is 2.26. The van der Waals surface area contributed by atoms with Gasteiger partial charge in [-0.2, -0.15) is 0 Å². The van der Waals surface area contributed by atoms with E-state index in [9.17, 15) is 14.7 Å². The van der Waals surface area contributed by atoms with Crippen molar-refractivity contribution in [2.45, 2.75) is 66.2 Å². The number of hydrogen-bond acceptors (Lipinski definition) is 3. The normalized spacial score (nSPS) is 35.6. The van der Waals surface area contributed by atoms with Crippen LogP contribution in [0.1, 0.15) is 66.2 Å². The average Bonchev–Trinajstić information content (AvgIpc) is 2.56. The zero-order valence-electron chi connectivity index (χ0n) is 16.2. The van der Waals surface area contributed by atoms with Gasteiger partial charge in [0.1, 0.15) is 0 Å². The maximum Gasteiger partial charge on any atom is 0.331 e. The summed E-state index contributed by atoms with van der Waals surface area (Å²) in [7, 11) is 1.39. The molecular weight excluding hydrogens is 316 g/mol. The maximum absolute atomic E-state index is 11.8. The third-order valence-corrected chi connectivity index (χ3v) is 7.06. The highest BCUT2D eigenvalue weighted by molar-refractivity contribution is 5.88. The van der Waals surface area contributed by atoms with Crippen LogP contribution in [-0.4, -0.2) is 24.2 Å². The fourth-order valence-electron chi connectivity index (χ4n) is 5.24. The molecule has 0 aromatic heterocycles. The predicted octanol–water partition coefficient (Wildman–Crippen LogP) is 4.75. The van der Waals surface area contributed by atoms with Gasteiger partial charge in [0.25, 0.3) is 0 Å².